The van der Waals surface area contributed by atoms with Gasteiger partial charge in [-0.15, -0.1) is 11.3 Å². The molecule has 30 heavy (non-hydrogen) atoms. The Labute approximate surface area is 177 Å². The average molecular weight is 432 g/mol. The molecule has 0 saturated carbocycles. The first kappa shape index (κ1) is 20.5. The largest absolute Gasteiger partial charge is 0.339 e. The molecule has 0 aliphatic carbocycles. The number of carbonyl (C=O) groups excluding carboxylic acids is 1. The third kappa shape index (κ3) is 3.70. The molecule has 11 heteroatoms. The predicted molar refractivity (Wildman–Crippen MR) is 114 cm³/mol. The van der Waals surface area contributed by atoms with Crippen LogP contribution in [0.25, 0.3) is 11.2 Å². The van der Waals surface area contributed by atoms with Gasteiger partial charge in [0.15, 0.2) is 11.2 Å². The van der Waals surface area contributed by atoms with E-state index in [9.17, 15) is 14.4 Å². The second-order valence-electron chi connectivity index (χ2n) is 7.50. The molecule has 0 atom stereocenters. The molecule has 1 aliphatic heterocycles. The van der Waals surface area contributed by atoms with Crippen LogP contribution < -0.4 is 11.2 Å². The lowest BCUT2D eigenvalue weighted by molar-refractivity contribution is -0.133. The van der Waals surface area contributed by atoms with Gasteiger partial charge in [-0.3, -0.25) is 19.1 Å². The van der Waals surface area contributed by atoms with Crippen LogP contribution in [0.5, 0.6) is 0 Å². The van der Waals surface area contributed by atoms with Crippen molar-refractivity contribution >= 4 is 28.4 Å². The van der Waals surface area contributed by atoms with Gasteiger partial charge in [0.2, 0.25) is 5.91 Å². The number of hydrogen-bond donors (Lipinski definition) is 0. The molecule has 0 spiro atoms. The predicted octanol–water partition coefficient (Wildman–Crippen LogP) is -0.203. The number of fused-ring (bicyclic) bond motifs is 1. The molecular formula is C19H25N7O3S. The number of piperazine rings is 1. The Morgan fingerprint density at radius 2 is 1.90 bits per heavy atom. The lowest BCUT2D eigenvalue weighted by Gasteiger charge is -2.34. The maximum absolute atomic E-state index is 12.8. The fourth-order valence-electron chi connectivity index (χ4n) is 3.74. The van der Waals surface area contributed by atoms with E-state index < -0.39 is 11.2 Å². The fraction of sp³-hybridized carbons (Fsp3) is 0.526. The molecule has 1 saturated heterocycles. The summed E-state index contributed by atoms with van der Waals surface area (Å²) in [6.45, 7) is 5.20. The molecule has 3 aromatic heterocycles. The number of nitrogens with zero attached hydrogens (tertiary/aromatic N) is 7. The number of aryl methyl sites for hydroxylation is 3. The van der Waals surface area contributed by atoms with Crippen molar-refractivity contribution in [3.8, 4) is 0 Å². The van der Waals surface area contributed by atoms with Crippen molar-refractivity contribution in [2.24, 2.45) is 14.1 Å². The molecule has 4 rings (SSSR count). The highest BCUT2D eigenvalue weighted by Crippen LogP contribution is 2.14. The molecule has 0 aromatic carbocycles. The van der Waals surface area contributed by atoms with E-state index in [2.05, 4.69) is 27.2 Å². The summed E-state index contributed by atoms with van der Waals surface area (Å²) in [5.41, 5.74) is 0.669. The van der Waals surface area contributed by atoms with Gasteiger partial charge in [0.25, 0.3) is 5.56 Å². The van der Waals surface area contributed by atoms with Gasteiger partial charge in [-0.2, -0.15) is 0 Å². The molecule has 1 amide bonds. The van der Waals surface area contributed by atoms with Gasteiger partial charge >= 0.3 is 5.69 Å². The summed E-state index contributed by atoms with van der Waals surface area (Å²) < 4.78 is 3.87. The third-order valence-corrected chi connectivity index (χ3v) is 6.55. The number of amides is 1. The van der Waals surface area contributed by atoms with E-state index in [0.29, 0.717) is 24.3 Å². The molecule has 160 valence electrons. The van der Waals surface area contributed by atoms with Gasteiger partial charge < -0.3 is 9.47 Å². The standard InChI is InChI=1S/C19H25N7O3S/c1-4-14-21-13(11-30-14)9-24-5-7-25(8-6-24)15(27)10-26-18(28)16-17(20-12-22(16)2)23(3)19(26)29/h11-12H,4-10H2,1-3H3. The van der Waals surface area contributed by atoms with Crippen LogP contribution in [0.3, 0.4) is 0 Å². The van der Waals surface area contributed by atoms with Gasteiger partial charge in [-0.25, -0.2) is 19.3 Å². The second-order valence-corrected chi connectivity index (χ2v) is 8.45. The highest BCUT2D eigenvalue weighted by molar-refractivity contribution is 7.09. The molecule has 0 unspecified atom stereocenters. The molecule has 1 fully saturated rings. The smallest absolute Gasteiger partial charge is 0.332 e. The van der Waals surface area contributed by atoms with Crippen molar-refractivity contribution < 1.29 is 4.79 Å². The van der Waals surface area contributed by atoms with Crippen molar-refractivity contribution in [2.45, 2.75) is 26.4 Å². The zero-order valence-corrected chi connectivity index (χ0v) is 18.2. The first-order valence-electron chi connectivity index (χ1n) is 9.93. The Kier molecular flexibility index (Phi) is 5.56. The second kappa shape index (κ2) is 8.15. The van der Waals surface area contributed by atoms with Crippen LogP contribution in [0, 0.1) is 0 Å². The minimum absolute atomic E-state index is 0.225. The van der Waals surface area contributed by atoms with Crippen molar-refractivity contribution in [3.63, 3.8) is 0 Å². The SMILES string of the molecule is CCc1nc(CN2CCN(C(=O)Cn3c(=O)c4c(ncn4C)n(C)c3=O)CC2)cs1. The Morgan fingerprint density at radius 3 is 2.57 bits per heavy atom. The van der Waals surface area contributed by atoms with Crippen molar-refractivity contribution in [1.29, 1.82) is 0 Å². The normalized spacial score (nSPS) is 15.2. The van der Waals surface area contributed by atoms with Crippen LogP contribution in [0.1, 0.15) is 17.6 Å². The van der Waals surface area contributed by atoms with Crippen LogP contribution in [0.2, 0.25) is 0 Å². The summed E-state index contributed by atoms with van der Waals surface area (Å²) in [4.78, 5) is 50.9. The summed E-state index contributed by atoms with van der Waals surface area (Å²) in [5.74, 6) is -0.225. The topological polar surface area (TPSA) is 98.3 Å². The van der Waals surface area contributed by atoms with E-state index in [4.69, 9.17) is 0 Å². The zero-order chi connectivity index (χ0) is 21.4. The summed E-state index contributed by atoms with van der Waals surface area (Å²) in [6.07, 6.45) is 2.43. The van der Waals surface area contributed by atoms with Crippen LogP contribution in [0.4, 0.5) is 0 Å². The molecule has 0 N–H and O–H groups in total. The molecule has 0 radical (unpaired) electrons. The van der Waals surface area contributed by atoms with Gasteiger partial charge in [0.1, 0.15) is 6.54 Å². The number of hydrogen-bond acceptors (Lipinski definition) is 7. The molecule has 3 aromatic rings. The van der Waals surface area contributed by atoms with Crippen molar-refractivity contribution in [1.82, 2.24) is 33.5 Å². The molecule has 0 bridgehead atoms. The highest BCUT2D eigenvalue weighted by Gasteiger charge is 2.24. The molecule has 4 heterocycles. The lowest BCUT2D eigenvalue weighted by atomic mass is 10.3. The molecule has 1 aliphatic rings. The van der Waals surface area contributed by atoms with Crippen LogP contribution in [0.15, 0.2) is 21.3 Å². The van der Waals surface area contributed by atoms with E-state index in [1.165, 1.54) is 10.9 Å². The average Bonchev–Trinajstić information content (AvgIpc) is 3.36. The van der Waals surface area contributed by atoms with E-state index in [1.54, 1.807) is 34.9 Å². The first-order valence-corrected chi connectivity index (χ1v) is 10.8. The number of thiazole rings is 1. The van der Waals surface area contributed by atoms with Gasteiger partial charge in [-0.05, 0) is 6.42 Å². The van der Waals surface area contributed by atoms with Crippen LogP contribution in [-0.2, 0) is 38.4 Å². The van der Waals surface area contributed by atoms with E-state index >= 15 is 0 Å². The Bertz CT molecular complexity index is 1200. The summed E-state index contributed by atoms with van der Waals surface area (Å²) in [6, 6.07) is 0. The van der Waals surface area contributed by atoms with E-state index in [1.807, 2.05) is 0 Å². The first-order chi connectivity index (χ1) is 14.4. The zero-order valence-electron chi connectivity index (χ0n) is 17.4. The fourth-order valence-corrected chi connectivity index (χ4v) is 4.48. The van der Waals surface area contributed by atoms with Gasteiger partial charge in [0.05, 0.1) is 17.0 Å². The number of aromatic nitrogens is 5. The molecular weight excluding hydrogens is 406 g/mol. The van der Waals surface area contributed by atoms with Gasteiger partial charge in [-0.1, -0.05) is 6.92 Å². The third-order valence-electron chi connectivity index (χ3n) is 5.51. The van der Waals surface area contributed by atoms with E-state index in [-0.39, 0.29) is 12.5 Å². The lowest BCUT2D eigenvalue weighted by Crippen LogP contribution is -2.51. The number of carbonyl (C=O) groups is 1. The van der Waals surface area contributed by atoms with Crippen molar-refractivity contribution in [2.75, 3.05) is 26.2 Å². The van der Waals surface area contributed by atoms with Crippen molar-refractivity contribution in [3.05, 3.63) is 43.2 Å². The van der Waals surface area contributed by atoms with E-state index in [0.717, 1.165) is 41.3 Å². The number of imidazole rings is 1. The maximum atomic E-state index is 12.8. The Morgan fingerprint density at radius 1 is 1.17 bits per heavy atom. The Hall–Kier alpha value is -2.79. The van der Waals surface area contributed by atoms with Crippen LogP contribution >= 0.6 is 11.3 Å². The summed E-state index contributed by atoms with van der Waals surface area (Å²) in [5, 5.41) is 3.23. The minimum Gasteiger partial charge on any atom is -0.339 e. The maximum Gasteiger partial charge on any atom is 0.332 e. The quantitative estimate of drug-likeness (QED) is 0.555. The molecule has 10 nitrogen and oxygen atoms in total. The highest BCUT2D eigenvalue weighted by atomic mass is 32.1. The minimum atomic E-state index is -0.534. The van der Waals surface area contributed by atoms with Crippen LogP contribution in [-0.4, -0.2) is 65.6 Å². The van der Waals surface area contributed by atoms with Gasteiger partial charge in [0, 0.05) is 52.2 Å². The summed E-state index contributed by atoms with van der Waals surface area (Å²) >= 11 is 1.68. The Balaban J connectivity index is 1.44. The monoisotopic (exact) mass is 431 g/mol. The summed E-state index contributed by atoms with van der Waals surface area (Å²) in [7, 11) is 3.25. The number of rotatable bonds is 5.